The van der Waals surface area contributed by atoms with Crippen molar-refractivity contribution in [3.8, 4) is 16.3 Å². The lowest BCUT2D eigenvalue weighted by molar-refractivity contribution is -0.274. The zero-order valence-corrected chi connectivity index (χ0v) is 27.7. The summed E-state index contributed by atoms with van der Waals surface area (Å²) in [6.45, 7) is 3.61. The summed E-state index contributed by atoms with van der Waals surface area (Å²) >= 11 is 2.71. The van der Waals surface area contributed by atoms with E-state index in [0.29, 0.717) is 38.7 Å². The van der Waals surface area contributed by atoms with Crippen LogP contribution in [0.25, 0.3) is 20.8 Å². The summed E-state index contributed by atoms with van der Waals surface area (Å²) in [5, 5.41) is 33.9. The normalized spacial score (nSPS) is 21.4. The third-order valence-electron chi connectivity index (χ3n) is 8.57. The van der Waals surface area contributed by atoms with Crippen molar-refractivity contribution in [3.05, 3.63) is 65.1 Å². The first-order valence-electron chi connectivity index (χ1n) is 15.5. The molecule has 2 saturated carbocycles. The molecule has 49 heavy (non-hydrogen) atoms. The van der Waals surface area contributed by atoms with Crippen molar-refractivity contribution in [2.24, 2.45) is 5.92 Å². The Balaban J connectivity index is 1.20. The molecule has 2 aliphatic carbocycles. The summed E-state index contributed by atoms with van der Waals surface area (Å²) in [5.41, 5.74) is 3.58. The number of hydrogen-bond acceptors (Lipinski definition) is 13. The molecule has 256 valence electrons. The van der Waals surface area contributed by atoms with Crippen LogP contribution in [0.2, 0.25) is 0 Å². The Hall–Kier alpha value is -4.45. The number of pyridine rings is 1. The van der Waals surface area contributed by atoms with Crippen LogP contribution in [-0.4, -0.2) is 65.7 Å². The third-order valence-corrected chi connectivity index (χ3v) is 10.3. The highest BCUT2D eigenvalue weighted by atomic mass is 32.1. The molecule has 0 spiro atoms. The number of aromatic nitrogens is 5. The second-order valence-electron chi connectivity index (χ2n) is 12.1. The van der Waals surface area contributed by atoms with Gasteiger partial charge in [0.1, 0.15) is 28.2 Å². The molecule has 0 radical (unpaired) electrons. The number of aliphatic hydroxyl groups is 2. The van der Waals surface area contributed by atoms with Crippen molar-refractivity contribution in [2.45, 2.75) is 69.7 Å². The molecule has 2 fully saturated rings. The summed E-state index contributed by atoms with van der Waals surface area (Å²) in [6.07, 6.45) is -1.89. The number of alkyl halides is 3. The quantitative estimate of drug-likeness (QED) is 0.115. The molecule has 0 aliphatic heterocycles. The van der Waals surface area contributed by atoms with E-state index in [1.54, 1.807) is 24.7 Å². The second kappa shape index (κ2) is 13.1. The number of carbonyl (C=O) groups excluding carboxylic acids is 1. The van der Waals surface area contributed by atoms with Crippen LogP contribution in [-0.2, 0) is 4.79 Å². The molecule has 0 bridgehead atoms. The van der Waals surface area contributed by atoms with Crippen molar-refractivity contribution in [3.63, 3.8) is 0 Å². The smallest absolute Gasteiger partial charge is 0.406 e. The zero-order valence-electron chi connectivity index (χ0n) is 26.1. The molecular formula is C32H31F3N8O4S2. The van der Waals surface area contributed by atoms with Crippen LogP contribution in [0.1, 0.15) is 55.1 Å². The van der Waals surface area contributed by atoms with E-state index in [-0.39, 0.29) is 18.1 Å². The first kappa shape index (κ1) is 33.1. The number of nitrogens with zero attached hydrogens (tertiary/aromatic N) is 5. The number of aliphatic hydroxyl groups excluding tert-OH is 2. The van der Waals surface area contributed by atoms with Crippen LogP contribution in [0.15, 0.2) is 48.1 Å². The number of nitrogens with one attached hydrogen (secondary N) is 3. The minimum atomic E-state index is -4.80. The van der Waals surface area contributed by atoms with Gasteiger partial charge < -0.3 is 30.9 Å². The molecule has 2 aliphatic rings. The van der Waals surface area contributed by atoms with Gasteiger partial charge in [-0.2, -0.15) is 4.98 Å². The Morgan fingerprint density at radius 2 is 1.82 bits per heavy atom. The molecule has 1 amide bonds. The predicted molar refractivity (Wildman–Crippen MR) is 179 cm³/mol. The van der Waals surface area contributed by atoms with Gasteiger partial charge in [-0.3, -0.25) is 9.78 Å². The Morgan fingerprint density at radius 3 is 2.51 bits per heavy atom. The molecule has 5 N–H and O–H groups in total. The molecule has 1 aromatic carbocycles. The van der Waals surface area contributed by atoms with E-state index in [0.717, 1.165) is 28.8 Å². The first-order valence-corrected chi connectivity index (χ1v) is 17.2. The first-order chi connectivity index (χ1) is 23.4. The minimum Gasteiger partial charge on any atom is -0.406 e. The molecule has 5 aromatic rings. The Bertz CT molecular complexity index is 1970. The van der Waals surface area contributed by atoms with Crippen LogP contribution in [0, 0.1) is 12.8 Å². The Labute approximate surface area is 285 Å². The van der Waals surface area contributed by atoms with Gasteiger partial charge in [-0.05, 0) is 56.9 Å². The van der Waals surface area contributed by atoms with E-state index in [1.165, 1.54) is 46.9 Å². The molecule has 0 unspecified atom stereocenters. The van der Waals surface area contributed by atoms with Gasteiger partial charge >= 0.3 is 6.36 Å². The fourth-order valence-corrected chi connectivity index (χ4v) is 7.56. The maximum absolute atomic E-state index is 13.0. The summed E-state index contributed by atoms with van der Waals surface area (Å²) in [5.74, 6) is -0.803. The number of rotatable bonds is 10. The molecule has 4 aromatic heterocycles. The number of thiazole rings is 2. The van der Waals surface area contributed by atoms with Crippen LogP contribution in [0.4, 0.5) is 30.1 Å². The van der Waals surface area contributed by atoms with Gasteiger partial charge in [0.25, 0.3) is 0 Å². The summed E-state index contributed by atoms with van der Waals surface area (Å²) in [6, 6.07) is 6.21. The van der Waals surface area contributed by atoms with Gasteiger partial charge in [0.05, 0.1) is 45.8 Å². The number of amides is 1. The number of anilines is 3. The maximum atomic E-state index is 13.0. The SMILES string of the molecule is Cc1nc(N[C@H](C)c2ccc(OC(F)(F)F)cc2)nc(N[C@@H]2C[C@H](C(=O)Nc3nccs3)[C@@H](O)[C@H]2O)c1-c1nc2c(C3CC3)nccc2s1. The van der Waals surface area contributed by atoms with Crippen LogP contribution < -0.4 is 20.7 Å². The number of fused-ring (bicyclic) bond motifs is 1. The van der Waals surface area contributed by atoms with Gasteiger partial charge in [-0.25, -0.2) is 15.0 Å². The lowest BCUT2D eigenvalue weighted by Gasteiger charge is -2.22. The van der Waals surface area contributed by atoms with Crippen molar-refractivity contribution < 1.29 is 32.9 Å². The van der Waals surface area contributed by atoms with E-state index < -0.39 is 42.5 Å². The second-order valence-corrected chi connectivity index (χ2v) is 14.0. The lowest BCUT2D eigenvalue weighted by atomic mass is 10.1. The number of ether oxygens (including phenoxy) is 1. The Kier molecular flexibility index (Phi) is 8.85. The van der Waals surface area contributed by atoms with Crippen molar-refractivity contribution in [1.82, 2.24) is 24.9 Å². The predicted octanol–water partition coefficient (Wildman–Crippen LogP) is 6.02. The summed E-state index contributed by atoms with van der Waals surface area (Å²) in [4.78, 5) is 36.2. The highest BCUT2D eigenvalue weighted by Crippen LogP contribution is 2.45. The van der Waals surface area contributed by atoms with Gasteiger partial charge in [-0.1, -0.05) is 12.1 Å². The van der Waals surface area contributed by atoms with Crippen molar-refractivity contribution >= 4 is 55.7 Å². The maximum Gasteiger partial charge on any atom is 0.573 e. The van der Waals surface area contributed by atoms with Crippen molar-refractivity contribution in [1.29, 1.82) is 0 Å². The van der Waals surface area contributed by atoms with E-state index >= 15 is 0 Å². The van der Waals surface area contributed by atoms with Crippen LogP contribution >= 0.6 is 22.7 Å². The zero-order chi connectivity index (χ0) is 34.4. The summed E-state index contributed by atoms with van der Waals surface area (Å²) in [7, 11) is 0. The van der Waals surface area contributed by atoms with E-state index in [9.17, 15) is 28.2 Å². The number of aryl methyl sites for hydroxylation is 1. The molecule has 0 saturated heterocycles. The van der Waals surface area contributed by atoms with Crippen LogP contribution in [0.3, 0.4) is 0 Å². The monoisotopic (exact) mass is 712 g/mol. The Morgan fingerprint density at radius 1 is 1.04 bits per heavy atom. The lowest BCUT2D eigenvalue weighted by Crippen LogP contribution is -2.37. The average molecular weight is 713 g/mol. The van der Waals surface area contributed by atoms with Gasteiger partial charge in [0, 0.05) is 23.7 Å². The summed E-state index contributed by atoms with van der Waals surface area (Å²) < 4.78 is 42.9. The highest BCUT2D eigenvalue weighted by molar-refractivity contribution is 7.21. The van der Waals surface area contributed by atoms with Gasteiger partial charge in [0.15, 0.2) is 5.13 Å². The molecule has 12 nitrogen and oxygen atoms in total. The molecule has 7 rings (SSSR count). The van der Waals surface area contributed by atoms with E-state index in [4.69, 9.17) is 15.0 Å². The topological polar surface area (TPSA) is 167 Å². The largest absolute Gasteiger partial charge is 0.573 e. The van der Waals surface area contributed by atoms with E-state index in [2.05, 4.69) is 30.7 Å². The number of hydrogen-bond donors (Lipinski definition) is 5. The number of benzene rings is 1. The molecule has 5 atom stereocenters. The van der Waals surface area contributed by atoms with Gasteiger partial charge in [-0.15, -0.1) is 35.8 Å². The fraction of sp³-hybridized carbons (Fsp3) is 0.375. The van der Waals surface area contributed by atoms with Gasteiger partial charge in [0.2, 0.25) is 11.9 Å². The average Bonchev–Trinajstić information content (AvgIpc) is 3.46. The highest BCUT2D eigenvalue weighted by Gasteiger charge is 2.46. The van der Waals surface area contributed by atoms with Crippen molar-refractivity contribution in [2.75, 3.05) is 16.0 Å². The minimum absolute atomic E-state index is 0.100. The standard InChI is InChI=1S/C32H31F3N8O4S2/c1-14(16-5-7-18(8-6-16)47-32(33,34)35)38-30-39-15(2)22(29-41-24-21(49-29)9-10-36-23(24)17-3-4-17)27(42-30)40-20-13-19(25(44)26(20)45)28(46)43-31-37-11-12-48-31/h5-12,14,17,19-20,25-26,44-45H,3-4,13H2,1-2H3,(H,37,43,46)(H2,38,39,40,42)/t14-,19+,20-,25-,26+/m1/s1. The van der Waals surface area contributed by atoms with Crippen LogP contribution in [0.5, 0.6) is 5.75 Å². The number of carbonyl (C=O) groups is 1. The van der Waals surface area contributed by atoms with E-state index in [1.807, 2.05) is 13.0 Å². The molecule has 17 heteroatoms. The third kappa shape index (κ3) is 7.15. The fourth-order valence-electron chi connectivity index (χ4n) is 5.96. The number of halogens is 3. The molecular weight excluding hydrogens is 682 g/mol. The molecule has 4 heterocycles.